The molecule has 2 heteroatoms. The molecular formula is C17H23NO. The van der Waals surface area contributed by atoms with Gasteiger partial charge in [-0.15, -0.1) is 0 Å². The molecule has 2 nitrogen and oxygen atoms in total. The van der Waals surface area contributed by atoms with Crippen LogP contribution in [0.4, 0.5) is 0 Å². The van der Waals surface area contributed by atoms with Crippen molar-refractivity contribution in [2.75, 3.05) is 7.05 Å². The first-order valence-electron chi connectivity index (χ1n) is 6.91. The van der Waals surface area contributed by atoms with Gasteiger partial charge >= 0.3 is 0 Å². The number of rotatable bonds is 5. The monoisotopic (exact) mass is 257 g/mol. The van der Waals surface area contributed by atoms with E-state index < -0.39 is 0 Å². The molecule has 1 N–H and O–H groups in total. The second kappa shape index (κ2) is 6.07. The van der Waals surface area contributed by atoms with Gasteiger partial charge in [-0.2, -0.15) is 0 Å². The fourth-order valence-corrected chi connectivity index (χ4v) is 2.31. The van der Waals surface area contributed by atoms with Crippen LogP contribution in [0.3, 0.4) is 0 Å². The minimum absolute atomic E-state index is 0.308. The Kier molecular flexibility index (Phi) is 4.43. The van der Waals surface area contributed by atoms with Gasteiger partial charge in [-0.25, -0.2) is 0 Å². The van der Waals surface area contributed by atoms with Gasteiger partial charge in [0.1, 0.15) is 5.76 Å². The third-order valence-corrected chi connectivity index (χ3v) is 3.59. The number of hydrogen-bond donors (Lipinski definition) is 1. The van der Waals surface area contributed by atoms with Crippen LogP contribution in [0, 0.1) is 6.92 Å². The van der Waals surface area contributed by atoms with E-state index in [9.17, 15) is 0 Å². The van der Waals surface area contributed by atoms with E-state index in [-0.39, 0.29) is 0 Å². The van der Waals surface area contributed by atoms with Crippen molar-refractivity contribution in [3.8, 4) is 0 Å². The van der Waals surface area contributed by atoms with Gasteiger partial charge in [-0.3, -0.25) is 0 Å². The second-order valence-corrected chi connectivity index (χ2v) is 5.43. The summed E-state index contributed by atoms with van der Waals surface area (Å²) < 4.78 is 5.40. The van der Waals surface area contributed by atoms with Gasteiger partial charge in [0, 0.05) is 11.6 Å². The largest absolute Gasteiger partial charge is 0.469 e. The predicted molar refractivity (Wildman–Crippen MR) is 79.5 cm³/mol. The molecule has 1 aromatic carbocycles. The molecule has 0 amide bonds. The molecule has 0 fully saturated rings. The van der Waals surface area contributed by atoms with Crippen molar-refractivity contribution in [2.24, 2.45) is 0 Å². The summed E-state index contributed by atoms with van der Waals surface area (Å²) >= 11 is 0. The third kappa shape index (κ3) is 3.48. The van der Waals surface area contributed by atoms with Crippen molar-refractivity contribution in [1.29, 1.82) is 0 Å². The molecule has 2 aromatic rings. The van der Waals surface area contributed by atoms with Crippen molar-refractivity contribution >= 4 is 0 Å². The zero-order chi connectivity index (χ0) is 13.8. The smallest absolute Gasteiger partial charge is 0.101 e. The zero-order valence-corrected chi connectivity index (χ0v) is 12.2. The van der Waals surface area contributed by atoms with Crippen molar-refractivity contribution < 1.29 is 4.42 Å². The summed E-state index contributed by atoms with van der Waals surface area (Å²) in [6.07, 6.45) is 2.83. The molecule has 0 radical (unpaired) electrons. The van der Waals surface area contributed by atoms with Crippen molar-refractivity contribution in [2.45, 2.75) is 39.2 Å². The van der Waals surface area contributed by atoms with Gasteiger partial charge in [-0.05, 0) is 43.5 Å². The Morgan fingerprint density at radius 1 is 1.11 bits per heavy atom. The standard InChI is InChI=1S/C17H23NO/c1-12(2)15-7-5-14(6-8-15)10-17(18-4)16-9-13(3)19-11-16/h5-9,11-12,17-18H,10H2,1-4H3. The Balaban J connectivity index is 2.10. The van der Waals surface area contributed by atoms with Gasteiger partial charge in [0.05, 0.1) is 6.26 Å². The first-order valence-corrected chi connectivity index (χ1v) is 6.91. The van der Waals surface area contributed by atoms with Gasteiger partial charge in [0.25, 0.3) is 0 Å². The van der Waals surface area contributed by atoms with Gasteiger partial charge in [-0.1, -0.05) is 38.1 Å². The SMILES string of the molecule is CNC(Cc1ccc(C(C)C)cc1)c1coc(C)c1. The quantitative estimate of drug-likeness (QED) is 0.867. The Morgan fingerprint density at radius 3 is 2.26 bits per heavy atom. The van der Waals surface area contributed by atoms with E-state index in [0.717, 1.165) is 12.2 Å². The van der Waals surface area contributed by atoms with E-state index in [2.05, 4.69) is 49.5 Å². The maximum atomic E-state index is 5.40. The summed E-state index contributed by atoms with van der Waals surface area (Å²) in [7, 11) is 2.00. The number of furan rings is 1. The van der Waals surface area contributed by atoms with E-state index in [4.69, 9.17) is 4.42 Å². The highest BCUT2D eigenvalue weighted by molar-refractivity contribution is 5.27. The van der Waals surface area contributed by atoms with E-state index in [1.165, 1.54) is 16.7 Å². The summed E-state index contributed by atoms with van der Waals surface area (Å²) in [5.74, 6) is 1.55. The lowest BCUT2D eigenvalue weighted by atomic mass is 9.97. The Hall–Kier alpha value is -1.54. The van der Waals surface area contributed by atoms with Gasteiger partial charge in [0.15, 0.2) is 0 Å². The molecule has 1 atom stereocenters. The highest BCUT2D eigenvalue weighted by Crippen LogP contribution is 2.22. The second-order valence-electron chi connectivity index (χ2n) is 5.43. The molecule has 19 heavy (non-hydrogen) atoms. The van der Waals surface area contributed by atoms with Gasteiger partial charge < -0.3 is 9.73 Å². The van der Waals surface area contributed by atoms with Crippen molar-refractivity contribution in [1.82, 2.24) is 5.32 Å². The number of nitrogens with one attached hydrogen (secondary N) is 1. The molecule has 1 aromatic heterocycles. The summed E-state index contributed by atoms with van der Waals surface area (Å²) in [5.41, 5.74) is 3.96. The van der Waals surface area contributed by atoms with Crippen molar-refractivity contribution in [3.05, 3.63) is 59.0 Å². The van der Waals surface area contributed by atoms with Crippen LogP contribution in [0.25, 0.3) is 0 Å². The molecule has 0 saturated heterocycles. The van der Waals surface area contributed by atoms with Gasteiger partial charge in [0.2, 0.25) is 0 Å². The topological polar surface area (TPSA) is 25.2 Å². The molecular weight excluding hydrogens is 234 g/mol. The normalized spacial score (nSPS) is 12.9. The lowest BCUT2D eigenvalue weighted by Gasteiger charge is -2.15. The number of benzene rings is 1. The van der Waals surface area contributed by atoms with E-state index in [1.54, 1.807) is 0 Å². The molecule has 0 saturated carbocycles. The van der Waals surface area contributed by atoms with Crippen LogP contribution in [0.2, 0.25) is 0 Å². The Morgan fingerprint density at radius 2 is 1.79 bits per heavy atom. The maximum Gasteiger partial charge on any atom is 0.101 e. The summed E-state index contributed by atoms with van der Waals surface area (Å²) in [6.45, 7) is 6.42. The van der Waals surface area contributed by atoms with Crippen LogP contribution in [0.5, 0.6) is 0 Å². The van der Waals surface area contributed by atoms with Crippen LogP contribution in [-0.4, -0.2) is 7.05 Å². The number of aryl methyl sites for hydroxylation is 1. The number of likely N-dealkylation sites (N-methyl/N-ethyl adjacent to an activating group) is 1. The van der Waals surface area contributed by atoms with Crippen LogP contribution in [-0.2, 0) is 6.42 Å². The minimum atomic E-state index is 0.308. The predicted octanol–water partition coefficient (Wildman–Crippen LogP) is 4.21. The zero-order valence-electron chi connectivity index (χ0n) is 12.2. The van der Waals surface area contributed by atoms with Crippen LogP contribution >= 0.6 is 0 Å². The van der Waals surface area contributed by atoms with Crippen LogP contribution in [0.15, 0.2) is 41.0 Å². The summed E-state index contributed by atoms with van der Waals surface area (Å²) in [6, 6.07) is 11.3. The molecule has 1 unspecified atom stereocenters. The highest BCUT2D eigenvalue weighted by Gasteiger charge is 2.12. The number of hydrogen-bond acceptors (Lipinski definition) is 2. The fraction of sp³-hybridized carbons (Fsp3) is 0.412. The summed E-state index contributed by atoms with van der Waals surface area (Å²) in [5, 5.41) is 3.36. The highest BCUT2D eigenvalue weighted by atomic mass is 16.3. The fourth-order valence-electron chi connectivity index (χ4n) is 2.31. The van der Waals surface area contributed by atoms with E-state index in [1.807, 2.05) is 20.2 Å². The average Bonchev–Trinajstić information content (AvgIpc) is 2.83. The Labute approximate surface area is 115 Å². The van der Waals surface area contributed by atoms with Crippen molar-refractivity contribution in [3.63, 3.8) is 0 Å². The first kappa shape index (κ1) is 13.9. The molecule has 0 aliphatic carbocycles. The summed E-state index contributed by atoms with van der Waals surface area (Å²) in [4.78, 5) is 0. The average molecular weight is 257 g/mol. The molecule has 102 valence electrons. The minimum Gasteiger partial charge on any atom is -0.469 e. The lowest BCUT2D eigenvalue weighted by molar-refractivity contribution is 0.520. The van der Waals surface area contributed by atoms with E-state index >= 15 is 0 Å². The lowest BCUT2D eigenvalue weighted by Crippen LogP contribution is -2.18. The third-order valence-electron chi connectivity index (χ3n) is 3.59. The molecule has 2 rings (SSSR count). The first-order chi connectivity index (χ1) is 9.10. The molecule has 0 aliphatic heterocycles. The molecule has 0 aliphatic rings. The maximum absolute atomic E-state index is 5.40. The Bertz CT molecular complexity index is 510. The molecule has 1 heterocycles. The van der Waals surface area contributed by atoms with E-state index in [0.29, 0.717) is 12.0 Å². The van der Waals surface area contributed by atoms with Crippen LogP contribution < -0.4 is 5.32 Å². The molecule has 0 bridgehead atoms. The van der Waals surface area contributed by atoms with Crippen LogP contribution in [0.1, 0.15) is 48.3 Å². The molecule has 0 spiro atoms.